The zero-order valence-electron chi connectivity index (χ0n) is 15.3. The van der Waals surface area contributed by atoms with Crippen LogP contribution in [0, 0.1) is 36.0 Å². The van der Waals surface area contributed by atoms with E-state index in [9.17, 15) is 5.11 Å². The van der Waals surface area contributed by atoms with E-state index in [0.29, 0.717) is 10.9 Å². The van der Waals surface area contributed by atoms with Crippen molar-refractivity contribution in [3.05, 3.63) is 40.2 Å². The quantitative estimate of drug-likeness (QED) is 0.586. The van der Waals surface area contributed by atoms with E-state index >= 15 is 0 Å². The second-order valence-corrected chi connectivity index (χ2v) is 8.08. The van der Waals surface area contributed by atoms with Crippen molar-refractivity contribution in [3.63, 3.8) is 0 Å². The fourth-order valence-corrected chi connectivity index (χ4v) is 4.76. The third-order valence-corrected chi connectivity index (χ3v) is 6.20. The third-order valence-electron chi connectivity index (χ3n) is 5.99. The number of aromatic nitrogens is 1. The molecule has 0 spiro atoms. The Morgan fingerprint density at radius 1 is 1.40 bits per heavy atom. The average molecular weight is 358 g/mol. The first-order valence-electron chi connectivity index (χ1n) is 9.41. The SMILES string of the molecule is CC#CC1(CCO)CC1C1CCC=C(Cc2ncc(Cl)cc2C)CC1. The predicted molar refractivity (Wildman–Crippen MR) is 103 cm³/mol. The number of allylic oxidation sites excluding steroid dienone is 2. The predicted octanol–water partition coefficient (Wildman–Crippen LogP) is 5.11. The standard InChI is InChI=1S/C22H28ClNO/c1-3-9-22(10-11-25)14-20(22)18-6-4-5-17(7-8-18)13-21-16(2)12-19(23)15-24-21/h5,12,15,18,20,25H,4,6-8,10-11,13-14H2,1-2H3. The van der Waals surface area contributed by atoms with E-state index in [1.807, 2.05) is 13.0 Å². The molecule has 134 valence electrons. The van der Waals surface area contributed by atoms with Gasteiger partial charge in [0.05, 0.1) is 5.02 Å². The molecule has 3 rings (SSSR count). The zero-order valence-corrected chi connectivity index (χ0v) is 16.1. The summed E-state index contributed by atoms with van der Waals surface area (Å²) in [6.45, 7) is 4.26. The number of rotatable bonds is 5. The van der Waals surface area contributed by atoms with E-state index in [1.54, 1.807) is 6.20 Å². The van der Waals surface area contributed by atoms with Gasteiger partial charge in [-0.3, -0.25) is 4.98 Å². The molecule has 3 atom stereocenters. The Kier molecular flexibility index (Phi) is 5.87. The summed E-state index contributed by atoms with van der Waals surface area (Å²) in [7, 11) is 0. The summed E-state index contributed by atoms with van der Waals surface area (Å²) in [6.07, 6.45) is 11.9. The molecule has 25 heavy (non-hydrogen) atoms. The minimum Gasteiger partial charge on any atom is -0.396 e. The van der Waals surface area contributed by atoms with Crippen molar-refractivity contribution in [2.24, 2.45) is 17.3 Å². The molecule has 1 fully saturated rings. The van der Waals surface area contributed by atoms with Gasteiger partial charge in [-0.1, -0.05) is 29.2 Å². The first-order valence-corrected chi connectivity index (χ1v) is 9.79. The van der Waals surface area contributed by atoms with Crippen LogP contribution in [0.5, 0.6) is 0 Å². The van der Waals surface area contributed by atoms with Gasteiger partial charge in [-0.2, -0.15) is 0 Å². The molecular weight excluding hydrogens is 330 g/mol. The highest BCUT2D eigenvalue weighted by Gasteiger charge is 2.55. The van der Waals surface area contributed by atoms with Gasteiger partial charge in [0.25, 0.3) is 0 Å². The Morgan fingerprint density at radius 3 is 2.96 bits per heavy atom. The third kappa shape index (κ3) is 4.27. The lowest BCUT2D eigenvalue weighted by molar-refractivity contribution is 0.250. The summed E-state index contributed by atoms with van der Waals surface area (Å²) in [4.78, 5) is 4.52. The molecule has 0 aliphatic heterocycles. The van der Waals surface area contributed by atoms with E-state index in [1.165, 1.54) is 30.4 Å². The van der Waals surface area contributed by atoms with Gasteiger partial charge < -0.3 is 5.11 Å². The van der Waals surface area contributed by atoms with Gasteiger partial charge in [0.15, 0.2) is 0 Å². The number of halogens is 1. The molecule has 2 aliphatic rings. The number of aliphatic hydroxyl groups is 1. The Bertz CT molecular complexity index is 714. The number of nitrogens with zero attached hydrogens (tertiary/aromatic N) is 1. The molecular formula is C22H28ClNO. The number of pyridine rings is 1. The van der Waals surface area contributed by atoms with E-state index in [-0.39, 0.29) is 12.0 Å². The van der Waals surface area contributed by atoms with Crippen LogP contribution in [0.3, 0.4) is 0 Å². The molecule has 1 heterocycles. The van der Waals surface area contributed by atoms with Crippen LogP contribution in [0.15, 0.2) is 23.9 Å². The molecule has 1 aromatic rings. The molecule has 1 saturated carbocycles. The first-order chi connectivity index (χ1) is 12.1. The normalized spacial score (nSPS) is 28.6. The highest BCUT2D eigenvalue weighted by atomic mass is 35.5. The van der Waals surface area contributed by atoms with Crippen LogP contribution in [0.2, 0.25) is 5.02 Å². The van der Waals surface area contributed by atoms with Crippen LogP contribution in [0.25, 0.3) is 0 Å². The zero-order chi connectivity index (χ0) is 17.9. The maximum absolute atomic E-state index is 9.40. The molecule has 2 aliphatic carbocycles. The molecule has 0 bridgehead atoms. The van der Waals surface area contributed by atoms with Crippen molar-refractivity contribution in [1.29, 1.82) is 0 Å². The lowest BCUT2D eigenvalue weighted by Gasteiger charge is -2.18. The van der Waals surface area contributed by atoms with Crippen molar-refractivity contribution < 1.29 is 5.11 Å². The van der Waals surface area contributed by atoms with Crippen molar-refractivity contribution in [2.75, 3.05) is 6.61 Å². The molecule has 0 amide bonds. The van der Waals surface area contributed by atoms with Crippen molar-refractivity contribution in [1.82, 2.24) is 4.98 Å². The second kappa shape index (κ2) is 7.94. The van der Waals surface area contributed by atoms with Crippen LogP contribution in [-0.2, 0) is 6.42 Å². The molecule has 0 radical (unpaired) electrons. The fraction of sp³-hybridized carbons (Fsp3) is 0.591. The first kappa shape index (κ1) is 18.5. The summed E-state index contributed by atoms with van der Waals surface area (Å²) in [6, 6.07) is 2.00. The number of hydrogen-bond acceptors (Lipinski definition) is 2. The molecule has 0 saturated heterocycles. The topological polar surface area (TPSA) is 33.1 Å². The molecule has 0 aromatic carbocycles. The minimum absolute atomic E-state index is 0.104. The molecule has 3 unspecified atom stereocenters. The van der Waals surface area contributed by atoms with Crippen LogP contribution >= 0.6 is 11.6 Å². The molecule has 1 aromatic heterocycles. The highest BCUT2D eigenvalue weighted by Crippen LogP contribution is 2.60. The fourth-order valence-electron chi connectivity index (χ4n) is 4.54. The highest BCUT2D eigenvalue weighted by molar-refractivity contribution is 6.30. The summed E-state index contributed by atoms with van der Waals surface area (Å²) in [5.41, 5.74) is 3.94. The number of hydrogen-bond donors (Lipinski definition) is 1. The number of aliphatic hydroxyl groups excluding tert-OH is 1. The maximum atomic E-state index is 9.40. The number of aryl methyl sites for hydroxylation is 1. The van der Waals surface area contributed by atoms with E-state index in [0.717, 1.165) is 37.3 Å². The van der Waals surface area contributed by atoms with Gasteiger partial charge in [-0.25, -0.2) is 0 Å². The molecule has 3 heteroatoms. The van der Waals surface area contributed by atoms with Crippen LogP contribution < -0.4 is 0 Å². The Balaban J connectivity index is 1.60. The van der Waals surface area contributed by atoms with Gasteiger partial charge in [-0.05, 0) is 75.8 Å². The average Bonchev–Trinajstić information content (AvgIpc) is 3.30. The van der Waals surface area contributed by atoms with Crippen LogP contribution in [0.1, 0.15) is 56.7 Å². The summed E-state index contributed by atoms with van der Waals surface area (Å²) < 4.78 is 0. The minimum atomic E-state index is 0.104. The smallest absolute Gasteiger partial charge is 0.0592 e. The Hall–Kier alpha value is -1.30. The summed E-state index contributed by atoms with van der Waals surface area (Å²) in [5.74, 6) is 7.93. The van der Waals surface area contributed by atoms with Crippen molar-refractivity contribution in [3.8, 4) is 11.8 Å². The van der Waals surface area contributed by atoms with Gasteiger partial charge in [0.2, 0.25) is 0 Å². The molecule has 2 nitrogen and oxygen atoms in total. The van der Waals surface area contributed by atoms with Crippen molar-refractivity contribution in [2.45, 2.75) is 58.8 Å². The lowest BCUT2D eigenvalue weighted by atomic mass is 9.87. The second-order valence-electron chi connectivity index (χ2n) is 7.65. The molecule has 1 N–H and O–H groups in total. The van der Waals surface area contributed by atoms with Gasteiger partial charge in [0, 0.05) is 30.3 Å². The maximum Gasteiger partial charge on any atom is 0.0592 e. The van der Waals surface area contributed by atoms with E-state index in [2.05, 4.69) is 29.8 Å². The Labute approximate surface area is 156 Å². The van der Waals surface area contributed by atoms with Crippen molar-refractivity contribution >= 4 is 11.6 Å². The van der Waals surface area contributed by atoms with E-state index in [4.69, 9.17) is 11.6 Å². The Morgan fingerprint density at radius 2 is 2.24 bits per heavy atom. The summed E-state index contributed by atoms with van der Waals surface area (Å²) >= 11 is 6.02. The van der Waals surface area contributed by atoms with Gasteiger partial charge >= 0.3 is 0 Å². The summed E-state index contributed by atoms with van der Waals surface area (Å²) in [5, 5.41) is 10.1. The van der Waals surface area contributed by atoms with E-state index < -0.39 is 0 Å². The van der Waals surface area contributed by atoms with Gasteiger partial charge in [0.1, 0.15) is 0 Å². The monoisotopic (exact) mass is 357 g/mol. The largest absolute Gasteiger partial charge is 0.396 e. The van der Waals surface area contributed by atoms with Gasteiger partial charge in [-0.15, -0.1) is 5.92 Å². The lowest BCUT2D eigenvalue weighted by Crippen LogP contribution is -2.12. The van der Waals surface area contributed by atoms with Crippen LogP contribution in [-0.4, -0.2) is 16.7 Å². The van der Waals surface area contributed by atoms with Crippen LogP contribution in [0.4, 0.5) is 0 Å².